The van der Waals surface area contributed by atoms with Crippen molar-refractivity contribution >= 4 is 22.6 Å². The number of anilines is 1. The van der Waals surface area contributed by atoms with Crippen molar-refractivity contribution in [2.75, 3.05) is 5.32 Å². The maximum absolute atomic E-state index is 6.16. The first-order valence-corrected chi connectivity index (χ1v) is 7.94. The Morgan fingerprint density at radius 2 is 1.39 bits per heavy atom. The predicted molar refractivity (Wildman–Crippen MR) is 97.1 cm³/mol. The van der Waals surface area contributed by atoms with Crippen molar-refractivity contribution in [2.24, 2.45) is 4.99 Å². The average molecular weight is 319 g/mol. The largest absolute Gasteiger partial charge is 0.330 e. The molecular weight excluding hydrogens is 304 g/mol. The molecule has 4 rings (SSSR count). The van der Waals surface area contributed by atoms with Crippen LogP contribution >= 0.6 is 11.6 Å². The molecule has 3 heteroatoms. The quantitative estimate of drug-likeness (QED) is 0.623. The Morgan fingerprint density at radius 1 is 0.739 bits per heavy atom. The highest BCUT2D eigenvalue weighted by molar-refractivity contribution is 6.67. The first kappa shape index (κ1) is 14.0. The lowest BCUT2D eigenvalue weighted by molar-refractivity contribution is 0.868. The van der Waals surface area contributed by atoms with E-state index in [1.807, 2.05) is 24.3 Å². The molecule has 0 radical (unpaired) electrons. The Balaban J connectivity index is 1.72. The van der Waals surface area contributed by atoms with Crippen LogP contribution in [0.1, 0.15) is 17.2 Å². The summed E-state index contributed by atoms with van der Waals surface area (Å²) in [5.74, 6) is 0. The van der Waals surface area contributed by atoms with Crippen LogP contribution < -0.4 is 5.32 Å². The smallest absolute Gasteiger partial charge is 0.196 e. The van der Waals surface area contributed by atoms with Crippen molar-refractivity contribution in [2.45, 2.75) is 6.04 Å². The molecule has 0 amide bonds. The summed E-state index contributed by atoms with van der Waals surface area (Å²) < 4.78 is 0. The number of halogens is 1. The molecule has 0 aromatic heterocycles. The van der Waals surface area contributed by atoms with Crippen molar-refractivity contribution in [3.8, 4) is 11.1 Å². The van der Waals surface area contributed by atoms with Crippen molar-refractivity contribution in [3.63, 3.8) is 0 Å². The van der Waals surface area contributed by atoms with E-state index in [1.54, 1.807) is 0 Å². The summed E-state index contributed by atoms with van der Waals surface area (Å²) in [5, 5.41) is 3.54. The lowest BCUT2D eigenvalue weighted by atomic mass is 9.95. The molecule has 1 aliphatic rings. The molecule has 3 aromatic rings. The topological polar surface area (TPSA) is 24.4 Å². The molecule has 0 saturated carbocycles. The number of amidine groups is 1. The van der Waals surface area contributed by atoms with E-state index in [0.717, 1.165) is 16.8 Å². The second-order valence-corrected chi connectivity index (χ2v) is 5.88. The molecule has 1 heterocycles. The van der Waals surface area contributed by atoms with Crippen LogP contribution in [0.3, 0.4) is 0 Å². The van der Waals surface area contributed by atoms with E-state index in [1.165, 1.54) is 11.1 Å². The molecule has 1 unspecified atom stereocenters. The van der Waals surface area contributed by atoms with E-state index < -0.39 is 0 Å². The highest BCUT2D eigenvalue weighted by atomic mass is 35.5. The first-order chi connectivity index (χ1) is 11.3. The summed E-state index contributed by atoms with van der Waals surface area (Å²) >= 11 is 6.16. The first-order valence-electron chi connectivity index (χ1n) is 7.56. The SMILES string of the molecule is ClC1=NC(c2ccc(-c3ccccc3)cc2)c2ccccc2N1. The third-order valence-corrected chi connectivity index (χ3v) is 4.26. The third kappa shape index (κ3) is 2.73. The van der Waals surface area contributed by atoms with Crippen LogP contribution in [0.2, 0.25) is 0 Å². The minimum atomic E-state index is -0.0650. The molecule has 1 aliphatic heterocycles. The molecule has 3 aromatic carbocycles. The van der Waals surface area contributed by atoms with Gasteiger partial charge in [0.2, 0.25) is 0 Å². The molecule has 2 nitrogen and oxygen atoms in total. The number of nitrogens with zero attached hydrogens (tertiary/aromatic N) is 1. The molecule has 112 valence electrons. The van der Waals surface area contributed by atoms with E-state index in [9.17, 15) is 0 Å². The number of aliphatic imine (C=N–C) groups is 1. The fraction of sp³-hybridized carbons (Fsp3) is 0.0500. The van der Waals surface area contributed by atoms with Crippen molar-refractivity contribution in [3.05, 3.63) is 90.0 Å². The van der Waals surface area contributed by atoms with Crippen LogP contribution in [0.15, 0.2) is 83.9 Å². The molecule has 23 heavy (non-hydrogen) atoms. The standard InChI is InChI=1S/C20H15ClN2/c21-20-22-18-9-5-4-8-17(18)19(23-20)16-12-10-15(11-13-16)14-6-2-1-3-7-14/h1-13,19H,(H,22,23). The maximum atomic E-state index is 6.16. The van der Waals surface area contributed by atoms with Gasteiger partial charge >= 0.3 is 0 Å². The summed E-state index contributed by atoms with van der Waals surface area (Å²) in [7, 11) is 0. The third-order valence-electron chi connectivity index (χ3n) is 4.07. The molecule has 1 atom stereocenters. The van der Waals surface area contributed by atoms with Crippen LogP contribution in [0, 0.1) is 0 Å². The number of rotatable bonds is 2. The fourth-order valence-corrected chi connectivity index (χ4v) is 3.12. The second-order valence-electron chi connectivity index (χ2n) is 5.52. The van der Waals surface area contributed by atoms with Gasteiger partial charge in [-0.05, 0) is 34.4 Å². The van der Waals surface area contributed by atoms with E-state index >= 15 is 0 Å². The molecule has 0 spiro atoms. The number of benzene rings is 3. The zero-order valence-electron chi connectivity index (χ0n) is 12.4. The minimum Gasteiger partial charge on any atom is -0.330 e. The monoisotopic (exact) mass is 318 g/mol. The highest BCUT2D eigenvalue weighted by Gasteiger charge is 2.21. The van der Waals surface area contributed by atoms with Gasteiger partial charge in [0.05, 0.1) is 0 Å². The summed E-state index contributed by atoms with van der Waals surface area (Å²) in [6.45, 7) is 0. The van der Waals surface area contributed by atoms with E-state index in [0.29, 0.717) is 5.29 Å². The summed E-state index contributed by atoms with van der Waals surface area (Å²) in [5.41, 5.74) is 5.71. The summed E-state index contributed by atoms with van der Waals surface area (Å²) in [6.07, 6.45) is 0. The number of hydrogen-bond acceptors (Lipinski definition) is 2. The summed E-state index contributed by atoms with van der Waals surface area (Å²) in [6, 6.07) is 27.0. The second kappa shape index (κ2) is 5.90. The van der Waals surface area contributed by atoms with Crippen molar-refractivity contribution < 1.29 is 0 Å². The van der Waals surface area contributed by atoms with Crippen molar-refractivity contribution in [1.29, 1.82) is 0 Å². The Bertz CT molecular complexity index is 854. The van der Waals surface area contributed by atoms with E-state index in [4.69, 9.17) is 11.6 Å². The molecular formula is C20H15ClN2. The minimum absolute atomic E-state index is 0.0650. The van der Waals surface area contributed by atoms with Crippen LogP contribution in [0.5, 0.6) is 0 Å². The molecule has 0 aliphatic carbocycles. The van der Waals surface area contributed by atoms with Gasteiger partial charge in [-0.25, -0.2) is 4.99 Å². The van der Waals surface area contributed by atoms with Gasteiger partial charge in [-0.2, -0.15) is 0 Å². The number of para-hydroxylation sites is 1. The number of hydrogen-bond donors (Lipinski definition) is 1. The molecule has 0 fully saturated rings. The van der Waals surface area contributed by atoms with Gasteiger partial charge in [-0.15, -0.1) is 0 Å². The number of nitrogens with one attached hydrogen (secondary N) is 1. The summed E-state index contributed by atoms with van der Waals surface area (Å²) in [4.78, 5) is 4.57. The lowest BCUT2D eigenvalue weighted by Crippen LogP contribution is -2.16. The van der Waals surface area contributed by atoms with Gasteiger partial charge < -0.3 is 5.32 Å². The number of fused-ring (bicyclic) bond motifs is 1. The predicted octanol–water partition coefficient (Wildman–Crippen LogP) is 5.46. The molecule has 0 bridgehead atoms. The van der Waals surface area contributed by atoms with E-state index in [-0.39, 0.29) is 6.04 Å². The van der Waals surface area contributed by atoms with Crippen molar-refractivity contribution in [1.82, 2.24) is 0 Å². The van der Waals surface area contributed by atoms with Gasteiger partial charge in [0.15, 0.2) is 5.29 Å². The van der Waals surface area contributed by atoms with Crippen LogP contribution in [0.25, 0.3) is 11.1 Å². The van der Waals surface area contributed by atoms with E-state index in [2.05, 4.69) is 64.9 Å². The average Bonchev–Trinajstić information content (AvgIpc) is 2.62. The van der Waals surface area contributed by atoms with Gasteiger partial charge in [-0.1, -0.05) is 72.8 Å². The normalized spacial score (nSPS) is 16.2. The van der Waals surface area contributed by atoms with Crippen LogP contribution in [-0.4, -0.2) is 5.29 Å². The van der Waals surface area contributed by atoms with Crippen LogP contribution in [-0.2, 0) is 0 Å². The zero-order chi connectivity index (χ0) is 15.6. The van der Waals surface area contributed by atoms with Gasteiger partial charge in [0.1, 0.15) is 6.04 Å². The highest BCUT2D eigenvalue weighted by Crippen LogP contribution is 2.35. The Hall–Kier alpha value is -2.58. The Kier molecular flexibility index (Phi) is 3.60. The van der Waals surface area contributed by atoms with Gasteiger partial charge in [-0.3, -0.25) is 0 Å². The van der Waals surface area contributed by atoms with Gasteiger partial charge in [0.25, 0.3) is 0 Å². The Labute approximate surface area is 140 Å². The van der Waals surface area contributed by atoms with Gasteiger partial charge in [0, 0.05) is 11.3 Å². The molecule has 1 N–H and O–H groups in total. The van der Waals surface area contributed by atoms with Crippen LogP contribution in [0.4, 0.5) is 5.69 Å². The lowest BCUT2D eigenvalue weighted by Gasteiger charge is -2.23. The zero-order valence-corrected chi connectivity index (χ0v) is 13.2. The Morgan fingerprint density at radius 3 is 2.17 bits per heavy atom. The maximum Gasteiger partial charge on any atom is 0.196 e. The fourth-order valence-electron chi connectivity index (χ4n) is 2.92. The molecule has 0 saturated heterocycles.